The molecule has 0 spiro atoms. The minimum Gasteiger partial charge on any atom is -0.508 e. The van der Waals surface area contributed by atoms with Gasteiger partial charge in [-0.15, -0.1) is 11.3 Å². The number of aromatic hydroxyl groups is 1. The summed E-state index contributed by atoms with van der Waals surface area (Å²) in [6.45, 7) is 2.64. The first-order valence-electron chi connectivity index (χ1n) is 10.5. The Morgan fingerprint density at radius 1 is 1.09 bits per heavy atom. The number of thiazole rings is 1. The normalized spacial score (nSPS) is 16.2. The molecule has 2 N–H and O–H groups in total. The van der Waals surface area contributed by atoms with Crippen LogP contribution in [0.1, 0.15) is 27.0 Å². The Balaban J connectivity index is 1.77. The number of aromatic nitrogens is 1. The van der Waals surface area contributed by atoms with Crippen molar-refractivity contribution in [1.82, 2.24) is 14.8 Å². The van der Waals surface area contributed by atoms with E-state index in [1.54, 1.807) is 19.1 Å². The van der Waals surface area contributed by atoms with Gasteiger partial charge < -0.3 is 20.0 Å². The monoisotopic (exact) mass is 463 g/mol. The van der Waals surface area contributed by atoms with Gasteiger partial charge in [0.2, 0.25) is 5.78 Å². The molecule has 4 rings (SSSR count). The lowest BCUT2D eigenvalue weighted by Crippen LogP contribution is -2.36. The molecular formula is C25H25N3O4S. The molecule has 2 heterocycles. The number of ketones is 1. The summed E-state index contributed by atoms with van der Waals surface area (Å²) in [6, 6.07) is 15.1. The maximum atomic E-state index is 13.7. The van der Waals surface area contributed by atoms with E-state index in [4.69, 9.17) is 0 Å². The number of benzene rings is 2. The van der Waals surface area contributed by atoms with E-state index in [9.17, 15) is 19.8 Å². The van der Waals surface area contributed by atoms with E-state index < -0.39 is 23.5 Å². The second-order valence-corrected chi connectivity index (χ2v) is 9.19. The van der Waals surface area contributed by atoms with Crippen LogP contribution in [-0.2, 0) is 4.79 Å². The van der Waals surface area contributed by atoms with Gasteiger partial charge in [-0.2, -0.15) is 0 Å². The number of nitrogens with zero attached hydrogens (tertiary/aromatic N) is 3. The highest BCUT2D eigenvalue weighted by Crippen LogP contribution is 2.41. The molecule has 1 aromatic heterocycles. The molecule has 33 heavy (non-hydrogen) atoms. The summed E-state index contributed by atoms with van der Waals surface area (Å²) in [6.07, 6.45) is 0. The number of phenols is 1. The van der Waals surface area contributed by atoms with Crippen LogP contribution in [0.15, 0.2) is 65.9 Å². The lowest BCUT2D eigenvalue weighted by Gasteiger charge is -2.28. The zero-order valence-corrected chi connectivity index (χ0v) is 19.5. The van der Waals surface area contributed by atoms with E-state index in [1.807, 2.05) is 49.3 Å². The van der Waals surface area contributed by atoms with Crippen molar-refractivity contribution in [3.8, 4) is 16.3 Å². The molecule has 1 unspecified atom stereocenters. The molecule has 1 atom stereocenters. The molecule has 1 aliphatic rings. The SMILES string of the molecule is Cc1nc(-c2ccccc2)sc1C(=O)C1=C(O)C(=O)N(CCN(C)C)C1c1ccc(O)cc1. The molecule has 3 aromatic rings. The molecule has 0 saturated carbocycles. The molecule has 0 bridgehead atoms. The largest absolute Gasteiger partial charge is 0.508 e. The molecule has 1 aliphatic heterocycles. The lowest BCUT2D eigenvalue weighted by atomic mass is 9.95. The minimum atomic E-state index is -0.757. The van der Waals surface area contributed by atoms with Crippen LogP contribution >= 0.6 is 11.3 Å². The number of phenolic OH excluding ortho intramolecular Hbond substituents is 1. The van der Waals surface area contributed by atoms with Crippen molar-refractivity contribution in [2.75, 3.05) is 27.2 Å². The van der Waals surface area contributed by atoms with Gasteiger partial charge in [-0.1, -0.05) is 42.5 Å². The Labute approximate surface area is 196 Å². The Hall–Kier alpha value is -3.49. The first-order valence-corrected chi connectivity index (χ1v) is 11.3. The number of amides is 1. The summed E-state index contributed by atoms with van der Waals surface area (Å²) >= 11 is 1.25. The Morgan fingerprint density at radius 3 is 2.39 bits per heavy atom. The van der Waals surface area contributed by atoms with E-state index >= 15 is 0 Å². The third-order valence-corrected chi connectivity index (χ3v) is 6.77. The first-order chi connectivity index (χ1) is 15.8. The quantitative estimate of drug-likeness (QED) is 0.515. The molecular weight excluding hydrogens is 438 g/mol. The predicted octanol–water partition coefficient (Wildman–Crippen LogP) is 3.96. The van der Waals surface area contributed by atoms with Crippen molar-refractivity contribution >= 4 is 23.0 Å². The van der Waals surface area contributed by atoms with Crippen LogP contribution in [0.25, 0.3) is 10.6 Å². The maximum Gasteiger partial charge on any atom is 0.290 e. The maximum absolute atomic E-state index is 13.7. The fourth-order valence-electron chi connectivity index (χ4n) is 3.86. The van der Waals surface area contributed by atoms with Crippen molar-refractivity contribution in [2.24, 2.45) is 0 Å². The van der Waals surface area contributed by atoms with Crippen LogP contribution in [0.3, 0.4) is 0 Å². The molecule has 170 valence electrons. The van der Waals surface area contributed by atoms with Gasteiger partial charge >= 0.3 is 0 Å². The second kappa shape index (κ2) is 9.17. The minimum absolute atomic E-state index is 0.0378. The number of carbonyl (C=O) groups excluding carboxylic acids is 2. The van der Waals surface area contributed by atoms with Gasteiger partial charge in [0.1, 0.15) is 10.8 Å². The summed E-state index contributed by atoms with van der Waals surface area (Å²) < 4.78 is 0. The first kappa shape index (κ1) is 22.7. The molecule has 2 aromatic carbocycles. The number of aliphatic hydroxyl groups is 1. The van der Waals surface area contributed by atoms with Gasteiger partial charge in [0, 0.05) is 18.7 Å². The van der Waals surface area contributed by atoms with Crippen molar-refractivity contribution < 1.29 is 19.8 Å². The van der Waals surface area contributed by atoms with Gasteiger partial charge in [-0.05, 0) is 38.7 Å². The molecule has 0 aliphatic carbocycles. The third kappa shape index (κ3) is 4.40. The number of aliphatic hydroxyl groups excluding tert-OH is 1. The average Bonchev–Trinajstić information content (AvgIpc) is 3.31. The topological polar surface area (TPSA) is 94.0 Å². The zero-order valence-electron chi connectivity index (χ0n) is 18.6. The summed E-state index contributed by atoms with van der Waals surface area (Å²) in [7, 11) is 3.78. The van der Waals surface area contributed by atoms with Gasteiger partial charge in [0.05, 0.1) is 22.2 Å². The van der Waals surface area contributed by atoms with Gasteiger partial charge in [-0.25, -0.2) is 4.98 Å². The van der Waals surface area contributed by atoms with E-state index in [1.165, 1.54) is 28.4 Å². The smallest absolute Gasteiger partial charge is 0.290 e. The molecule has 8 heteroatoms. The van der Waals surface area contributed by atoms with E-state index in [0.29, 0.717) is 34.2 Å². The molecule has 0 fully saturated rings. The van der Waals surface area contributed by atoms with E-state index in [-0.39, 0.29) is 11.3 Å². The van der Waals surface area contributed by atoms with E-state index in [0.717, 1.165) is 5.56 Å². The second-order valence-electron chi connectivity index (χ2n) is 8.19. The van der Waals surface area contributed by atoms with Gasteiger partial charge in [-0.3, -0.25) is 9.59 Å². The summed E-state index contributed by atoms with van der Waals surface area (Å²) in [4.78, 5) is 35.1. The van der Waals surface area contributed by atoms with Crippen LogP contribution < -0.4 is 0 Å². The molecule has 0 radical (unpaired) electrons. The van der Waals surface area contributed by atoms with Crippen molar-refractivity contribution in [3.63, 3.8) is 0 Å². The van der Waals surface area contributed by atoms with E-state index in [2.05, 4.69) is 4.98 Å². The Morgan fingerprint density at radius 2 is 1.76 bits per heavy atom. The third-order valence-electron chi connectivity index (χ3n) is 5.57. The van der Waals surface area contributed by atoms with Crippen LogP contribution in [-0.4, -0.2) is 63.9 Å². The van der Waals surface area contributed by atoms with Crippen LogP contribution in [0.5, 0.6) is 5.75 Å². The highest BCUT2D eigenvalue weighted by molar-refractivity contribution is 7.17. The summed E-state index contributed by atoms with van der Waals surface area (Å²) in [5.41, 5.74) is 2.12. The number of rotatable bonds is 7. The zero-order chi connectivity index (χ0) is 23.7. The summed E-state index contributed by atoms with van der Waals surface area (Å²) in [5, 5.41) is 21.2. The van der Waals surface area contributed by atoms with Crippen LogP contribution in [0, 0.1) is 6.92 Å². The highest BCUT2D eigenvalue weighted by atomic mass is 32.1. The number of aryl methyl sites for hydroxylation is 1. The average molecular weight is 464 g/mol. The molecule has 0 saturated heterocycles. The fourth-order valence-corrected chi connectivity index (χ4v) is 4.89. The van der Waals surface area contributed by atoms with Crippen LogP contribution in [0.4, 0.5) is 0 Å². The highest BCUT2D eigenvalue weighted by Gasteiger charge is 2.44. The molecule has 1 amide bonds. The Kier molecular flexibility index (Phi) is 6.31. The standard InChI is InChI=1S/C25H25N3O4S/c1-15-23(33-24(26-15)17-7-5-4-6-8-17)21(30)19-20(16-9-11-18(29)12-10-16)28(14-13-27(2)3)25(32)22(19)31/h4-12,20,29,31H,13-14H2,1-3H3. The van der Waals surface area contributed by atoms with Gasteiger partial charge in [0.15, 0.2) is 5.76 Å². The molecule has 7 nitrogen and oxygen atoms in total. The number of hydrogen-bond donors (Lipinski definition) is 2. The lowest BCUT2D eigenvalue weighted by molar-refractivity contribution is -0.129. The summed E-state index contributed by atoms with van der Waals surface area (Å²) in [5.74, 6) is -1.45. The van der Waals surface area contributed by atoms with Crippen molar-refractivity contribution in [2.45, 2.75) is 13.0 Å². The van der Waals surface area contributed by atoms with Gasteiger partial charge in [0.25, 0.3) is 5.91 Å². The van der Waals surface area contributed by atoms with Crippen molar-refractivity contribution in [1.29, 1.82) is 0 Å². The Bertz CT molecular complexity index is 1220. The van der Waals surface area contributed by atoms with Crippen molar-refractivity contribution in [3.05, 3.63) is 82.1 Å². The number of hydrogen-bond acceptors (Lipinski definition) is 7. The number of Topliss-reactive ketones (excluding diaryl/α,β-unsaturated/α-hetero) is 1. The number of likely N-dealkylation sites (N-methyl/N-ethyl adjacent to an activating group) is 1. The number of carbonyl (C=O) groups is 2. The predicted molar refractivity (Wildman–Crippen MR) is 127 cm³/mol. The van der Waals surface area contributed by atoms with Crippen LogP contribution in [0.2, 0.25) is 0 Å². The fraction of sp³-hybridized carbons (Fsp3) is 0.240.